The Morgan fingerprint density at radius 1 is 1.50 bits per heavy atom. The van der Waals surface area contributed by atoms with Gasteiger partial charge >= 0.3 is 0 Å². The van der Waals surface area contributed by atoms with Crippen LogP contribution in [0.2, 0.25) is 0 Å². The van der Waals surface area contributed by atoms with Crippen LogP contribution in [-0.2, 0) is 0 Å². The van der Waals surface area contributed by atoms with E-state index >= 15 is 0 Å². The average molecular weight is 240 g/mol. The van der Waals surface area contributed by atoms with Crippen molar-refractivity contribution in [1.29, 1.82) is 0 Å². The van der Waals surface area contributed by atoms with Crippen molar-refractivity contribution in [2.24, 2.45) is 5.92 Å². The molecule has 1 aliphatic carbocycles. The number of thiazole rings is 1. The summed E-state index contributed by atoms with van der Waals surface area (Å²) in [6.45, 7) is 7.33. The van der Waals surface area contributed by atoms with E-state index in [1.165, 1.54) is 12.8 Å². The van der Waals surface area contributed by atoms with Crippen molar-refractivity contribution in [1.82, 2.24) is 4.98 Å². The Morgan fingerprint density at radius 3 is 2.62 bits per heavy atom. The lowest BCUT2D eigenvalue weighted by Gasteiger charge is -2.23. The molecule has 0 bridgehead atoms. The minimum atomic E-state index is -0.397. The van der Waals surface area contributed by atoms with Crippen LogP contribution in [0.3, 0.4) is 0 Å². The number of nitrogens with zero attached hydrogens (tertiary/aromatic N) is 2. The van der Waals surface area contributed by atoms with E-state index in [1.807, 2.05) is 0 Å². The molecule has 1 aromatic rings. The number of anilines is 1. The van der Waals surface area contributed by atoms with E-state index in [1.54, 1.807) is 24.5 Å². The number of aromatic nitrogens is 1. The summed E-state index contributed by atoms with van der Waals surface area (Å²) in [5, 5.41) is 10.6. The van der Waals surface area contributed by atoms with Crippen LogP contribution in [0, 0.1) is 5.92 Å². The molecule has 1 fully saturated rings. The molecule has 0 saturated heterocycles. The van der Waals surface area contributed by atoms with Gasteiger partial charge in [0.1, 0.15) is 0 Å². The number of hydrogen-bond donors (Lipinski definition) is 1. The van der Waals surface area contributed by atoms with Crippen LogP contribution in [0.5, 0.6) is 0 Å². The molecule has 0 aliphatic heterocycles. The molecule has 1 atom stereocenters. The van der Waals surface area contributed by atoms with Crippen LogP contribution in [0.4, 0.5) is 5.13 Å². The van der Waals surface area contributed by atoms with Gasteiger partial charge in [0, 0.05) is 18.8 Å². The van der Waals surface area contributed by atoms with Crippen molar-refractivity contribution in [3.05, 3.63) is 11.1 Å². The first-order valence-electron chi connectivity index (χ1n) is 5.98. The fourth-order valence-corrected chi connectivity index (χ4v) is 2.70. The Bertz CT molecular complexity index is 345. The maximum Gasteiger partial charge on any atom is 0.185 e. The highest BCUT2D eigenvalue weighted by Crippen LogP contribution is 2.35. The standard InChI is InChI=1S/C12H20N2OS/c1-8(2)7-14(10-4-5-10)12-13-6-11(16-12)9(3)15/h6,8-10,15H,4-5,7H2,1-3H3. The zero-order valence-electron chi connectivity index (χ0n) is 10.2. The lowest BCUT2D eigenvalue weighted by molar-refractivity contribution is 0.203. The lowest BCUT2D eigenvalue weighted by atomic mass is 10.2. The summed E-state index contributed by atoms with van der Waals surface area (Å²) in [6.07, 6.45) is 3.99. The van der Waals surface area contributed by atoms with E-state index in [9.17, 15) is 5.11 Å². The van der Waals surface area contributed by atoms with E-state index < -0.39 is 6.10 Å². The normalized spacial score (nSPS) is 17.8. The fourth-order valence-electron chi connectivity index (χ4n) is 1.77. The van der Waals surface area contributed by atoms with Gasteiger partial charge in [-0.25, -0.2) is 4.98 Å². The molecule has 90 valence electrons. The largest absolute Gasteiger partial charge is 0.388 e. The van der Waals surface area contributed by atoms with Crippen molar-refractivity contribution in [3.63, 3.8) is 0 Å². The Hall–Kier alpha value is -0.610. The molecule has 0 radical (unpaired) electrons. The van der Waals surface area contributed by atoms with Gasteiger partial charge in [0.05, 0.1) is 11.0 Å². The first-order valence-corrected chi connectivity index (χ1v) is 6.80. The molecular weight excluding hydrogens is 220 g/mol. The van der Waals surface area contributed by atoms with Gasteiger partial charge in [-0.3, -0.25) is 0 Å². The molecule has 0 spiro atoms. The van der Waals surface area contributed by atoms with E-state index in [2.05, 4.69) is 23.7 Å². The third-order valence-electron chi connectivity index (χ3n) is 2.72. The number of rotatable bonds is 5. The third-order valence-corrected chi connectivity index (χ3v) is 3.92. The number of hydrogen-bond acceptors (Lipinski definition) is 4. The molecule has 16 heavy (non-hydrogen) atoms. The first-order chi connectivity index (χ1) is 7.58. The molecular formula is C12H20N2OS. The van der Waals surface area contributed by atoms with Gasteiger partial charge in [-0.05, 0) is 25.7 Å². The maximum atomic E-state index is 9.51. The van der Waals surface area contributed by atoms with E-state index in [0.717, 1.165) is 16.6 Å². The molecule has 1 heterocycles. The molecule has 0 aromatic carbocycles. The molecule has 2 rings (SSSR count). The molecule has 1 saturated carbocycles. The predicted molar refractivity (Wildman–Crippen MR) is 68.0 cm³/mol. The Labute approximate surface area is 101 Å². The molecule has 3 nitrogen and oxygen atoms in total. The summed E-state index contributed by atoms with van der Waals surface area (Å²) in [5.41, 5.74) is 0. The van der Waals surface area contributed by atoms with Gasteiger partial charge in [0.25, 0.3) is 0 Å². The van der Waals surface area contributed by atoms with Crippen molar-refractivity contribution in [2.75, 3.05) is 11.4 Å². The number of aliphatic hydroxyl groups is 1. The SMILES string of the molecule is CC(C)CN(c1ncc(C(C)O)s1)C1CC1. The minimum absolute atomic E-state index is 0.397. The van der Waals surface area contributed by atoms with E-state index in [0.29, 0.717) is 12.0 Å². The quantitative estimate of drug-likeness (QED) is 0.859. The highest BCUT2D eigenvalue weighted by atomic mass is 32.1. The maximum absolute atomic E-state index is 9.51. The van der Waals surface area contributed by atoms with Crippen LogP contribution >= 0.6 is 11.3 Å². The number of aliphatic hydroxyl groups excluding tert-OH is 1. The summed E-state index contributed by atoms with van der Waals surface area (Å²) in [7, 11) is 0. The summed E-state index contributed by atoms with van der Waals surface area (Å²) in [4.78, 5) is 7.80. The zero-order valence-corrected chi connectivity index (χ0v) is 11.0. The second-order valence-electron chi connectivity index (χ2n) is 5.00. The smallest absolute Gasteiger partial charge is 0.185 e. The highest BCUT2D eigenvalue weighted by Gasteiger charge is 2.31. The van der Waals surface area contributed by atoms with Gasteiger partial charge < -0.3 is 10.0 Å². The van der Waals surface area contributed by atoms with Gasteiger partial charge in [0.2, 0.25) is 0 Å². The van der Waals surface area contributed by atoms with Crippen LogP contribution in [-0.4, -0.2) is 22.7 Å². The Kier molecular flexibility index (Phi) is 3.50. The Morgan fingerprint density at radius 2 is 2.19 bits per heavy atom. The summed E-state index contributed by atoms with van der Waals surface area (Å²) in [6, 6.07) is 0.690. The summed E-state index contributed by atoms with van der Waals surface area (Å²) in [5.74, 6) is 0.652. The molecule has 1 N–H and O–H groups in total. The Balaban J connectivity index is 2.11. The predicted octanol–water partition coefficient (Wildman–Crippen LogP) is 2.82. The van der Waals surface area contributed by atoms with Crippen molar-refractivity contribution in [2.45, 2.75) is 45.8 Å². The molecule has 1 aliphatic rings. The topological polar surface area (TPSA) is 36.4 Å². The molecule has 0 amide bonds. The van der Waals surface area contributed by atoms with Crippen LogP contribution < -0.4 is 4.90 Å². The van der Waals surface area contributed by atoms with Crippen molar-refractivity contribution in [3.8, 4) is 0 Å². The van der Waals surface area contributed by atoms with E-state index in [4.69, 9.17) is 0 Å². The van der Waals surface area contributed by atoms with Gasteiger partial charge in [0.15, 0.2) is 5.13 Å². The average Bonchev–Trinajstić information content (AvgIpc) is 2.91. The molecule has 1 unspecified atom stereocenters. The highest BCUT2D eigenvalue weighted by molar-refractivity contribution is 7.15. The van der Waals surface area contributed by atoms with Crippen LogP contribution in [0.25, 0.3) is 0 Å². The second kappa shape index (κ2) is 4.72. The third kappa shape index (κ3) is 2.74. The second-order valence-corrected chi connectivity index (χ2v) is 6.04. The first kappa shape index (κ1) is 11.9. The van der Waals surface area contributed by atoms with Crippen molar-refractivity contribution < 1.29 is 5.11 Å². The molecule has 1 aromatic heterocycles. The molecule has 4 heteroatoms. The fraction of sp³-hybridized carbons (Fsp3) is 0.750. The van der Waals surface area contributed by atoms with Crippen LogP contribution in [0.1, 0.15) is 44.6 Å². The summed E-state index contributed by atoms with van der Waals surface area (Å²) >= 11 is 1.62. The monoisotopic (exact) mass is 240 g/mol. The van der Waals surface area contributed by atoms with Gasteiger partial charge in [-0.15, -0.1) is 0 Å². The van der Waals surface area contributed by atoms with Crippen molar-refractivity contribution >= 4 is 16.5 Å². The van der Waals surface area contributed by atoms with Gasteiger partial charge in [-0.2, -0.15) is 0 Å². The zero-order chi connectivity index (χ0) is 11.7. The lowest BCUT2D eigenvalue weighted by Crippen LogP contribution is -2.29. The minimum Gasteiger partial charge on any atom is -0.388 e. The van der Waals surface area contributed by atoms with Crippen LogP contribution in [0.15, 0.2) is 6.20 Å². The van der Waals surface area contributed by atoms with E-state index in [-0.39, 0.29) is 0 Å². The van der Waals surface area contributed by atoms with Gasteiger partial charge in [-0.1, -0.05) is 25.2 Å². The summed E-state index contributed by atoms with van der Waals surface area (Å²) < 4.78 is 0.